The van der Waals surface area contributed by atoms with Gasteiger partial charge in [0.2, 0.25) is 0 Å². The Bertz CT molecular complexity index is 787. The third kappa shape index (κ3) is 1.77. The molecule has 2 heterocycles. The Morgan fingerprint density at radius 1 is 1.26 bits per heavy atom. The normalized spacial score (nSPS) is 10.8. The molecule has 0 saturated carbocycles. The minimum Gasteiger partial charge on any atom is -0.497 e. The van der Waals surface area contributed by atoms with E-state index in [0.29, 0.717) is 16.8 Å². The van der Waals surface area contributed by atoms with Crippen molar-refractivity contribution in [2.75, 3.05) is 7.11 Å². The Balaban J connectivity index is 2.24. The van der Waals surface area contributed by atoms with E-state index in [4.69, 9.17) is 9.26 Å². The van der Waals surface area contributed by atoms with Crippen LogP contribution in [0.4, 0.5) is 0 Å². The first-order valence-electron chi connectivity index (χ1n) is 5.69. The molecular formula is C13H11N3O3. The van der Waals surface area contributed by atoms with E-state index in [1.165, 1.54) is 10.9 Å². The van der Waals surface area contributed by atoms with E-state index in [9.17, 15) is 4.79 Å². The maximum absolute atomic E-state index is 12.2. The molecule has 0 radical (unpaired) electrons. The second-order valence-corrected chi connectivity index (χ2v) is 4.08. The van der Waals surface area contributed by atoms with Crippen molar-refractivity contribution in [1.29, 1.82) is 0 Å². The summed E-state index contributed by atoms with van der Waals surface area (Å²) in [6.45, 7) is 1.80. The molecule has 19 heavy (non-hydrogen) atoms. The van der Waals surface area contributed by atoms with Crippen LogP contribution in [-0.2, 0) is 0 Å². The third-order valence-electron chi connectivity index (χ3n) is 2.92. The highest BCUT2D eigenvalue weighted by Gasteiger charge is 2.12. The Morgan fingerprint density at radius 3 is 2.68 bits per heavy atom. The van der Waals surface area contributed by atoms with Gasteiger partial charge in [0.05, 0.1) is 23.9 Å². The van der Waals surface area contributed by atoms with E-state index < -0.39 is 0 Å². The summed E-state index contributed by atoms with van der Waals surface area (Å²) in [4.78, 5) is 12.2. The predicted octanol–water partition coefficient (Wildman–Crippen LogP) is 1.69. The van der Waals surface area contributed by atoms with Gasteiger partial charge in [-0.15, -0.1) is 0 Å². The molecule has 0 spiro atoms. The summed E-state index contributed by atoms with van der Waals surface area (Å²) >= 11 is 0. The van der Waals surface area contributed by atoms with Crippen molar-refractivity contribution in [2.24, 2.45) is 0 Å². The minimum atomic E-state index is -0.306. The van der Waals surface area contributed by atoms with Gasteiger partial charge in [-0.25, -0.2) is 0 Å². The standard InChI is InChI=1S/C13H11N3O3/c1-8-11-7-19-15-12(11)13(17)16(14-8)9-3-5-10(18-2)6-4-9/h3-7H,1-2H3. The van der Waals surface area contributed by atoms with E-state index >= 15 is 0 Å². The van der Waals surface area contributed by atoms with Crippen LogP contribution < -0.4 is 10.3 Å². The average Bonchev–Trinajstić information content (AvgIpc) is 2.93. The van der Waals surface area contributed by atoms with Gasteiger partial charge in [0.1, 0.15) is 12.0 Å². The van der Waals surface area contributed by atoms with Gasteiger partial charge in [0, 0.05) is 0 Å². The summed E-state index contributed by atoms with van der Waals surface area (Å²) in [6.07, 6.45) is 1.43. The second-order valence-electron chi connectivity index (χ2n) is 4.08. The Morgan fingerprint density at radius 2 is 2.00 bits per heavy atom. The zero-order valence-electron chi connectivity index (χ0n) is 10.5. The number of aryl methyl sites for hydroxylation is 1. The second kappa shape index (κ2) is 4.24. The van der Waals surface area contributed by atoms with Gasteiger partial charge in [-0.1, -0.05) is 5.16 Å². The first kappa shape index (κ1) is 11.5. The highest BCUT2D eigenvalue weighted by Crippen LogP contribution is 2.15. The largest absolute Gasteiger partial charge is 0.497 e. The van der Waals surface area contributed by atoms with E-state index in [0.717, 1.165) is 5.75 Å². The molecule has 0 fully saturated rings. The van der Waals surface area contributed by atoms with Gasteiger partial charge in [0.15, 0.2) is 5.52 Å². The quantitative estimate of drug-likeness (QED) is 0.698. The van der Waals surface area contributed by atoms with E-state index in [1.807, 2.05) is 0 Å². The zero-order valence-corrected chi connectivity index (χ0v) is 10.5. The maximum Gasteiger partial charge on any atom is 0.301 e. The topological polar surface area (TPSA) is 70.2 Å². The number of fused-ring (bicyclic) bond motifs is 1. The number of ether oxygens (including phenoxy) is 1. The van der Waals surface area contributed by atoms with Crippen molar-refractivity contribution in [2.45, 2.75) is 6.92 Å². The first-order valence-corrected chi connectivity index (χ1v) is 5.69. The summed E-state index contributed by atoms with van der Waals surface area (Å²) in [6, 6.07) is 7.06. The lowest BCUT2D eigenvalue weighted by atomic mass is 10.2. The molecule has 0 atom stereocenters. The minimum absolute atomic E-state index is 0.281. The maximum atomic E-state index is 12.2. The van der Waals surface area contributed by atoms with Crippen LogP contribution >= 0.6 is 0 Å². The Kier molecular flexibility index (Phi) is 2.56. The molecule has 3 rings (SSSR count). The van der Waals surface area contributed by atoms with Gasteiger partial charge >= 0.3 is 5.56 Å². The number of methoxy groups -OCH3 is 1. The molecule has 0 aliphatic carbocycles. The molecule has 0 aliphatic heterocycles. The fourth-order valence-electron chi connectivity index (χ4n) is 1.90. The lowest BCUT2D eigenvalue weighted by Gasteiger charge is -2.06. The molecule has 0 amide bonds. The van der Waals surface area contributed by atoms with Crippen molar-refractivity contribution < 1.29 is 9.26 Å². The molecule has 0 saturated heterocycles. The Labute approximate surface area is 108 Å². The monoisotopic (exact) mass is 257 g/mol. The molecule has 96 valence electrons. The van der Waals surface area contributed by atoms with Gasteiger partial charge in [-0.05, 0) is 31.2 Å². The Hall–Kier alpha value is -2.63. The van der Waals surface area contributed by atoms with E-state index in [-0.39, 0.29) is 11.1 Å². The number of rotatable bonds is 2. The number of hydrogen-bond acceptors (Lipinski definition) is 5. The SMILES string of the molecule is COc1ccc(-n2nc(C)c3conc3c2=O)cc1. The van der Waals surface area contributed by atoms with Crippen molar-refractivity contribution >= 4 is 10.9 Å². The predicted molar refractivity (Wildman–Crippen MR) is 68.7 cm³/mol. The fraction of sp³-hybridized carbons (Fsp3) is 0.154. The van der Waals surface area contributed by atoms with Crippen molar-refractivity contribution in [3.8, 4) is 11.4 Å². The number of benzene rings is 1. The van der Waals surface area contributed by atoms with Crippen LogP contribution in [-0.4, -0.2) is 22.0 Å². The summed E-state index contributed by atoms with van der Waals surface area (Å²) in [5.41, 5.74) is 1.31. The zero-order chi connectivity index (χ0) is 13.4. The fourth-order valence-corrected chi connectivity index (χ4v) is 1.90. The van der Waals surface area contributed by atoms with Gasteiger partial charge < -0.3 is 9.26 Å². The number of aromatic nitrogens is 3. The highest BCUT2D eigenvalue weighted by atomic mass is 16.5. The molecule has 6 heteroatoms. The van der Waals surface area contributed by atoms with Crippen LogP contribution in [0.3, 0.4) is 0 Å². The van der Waals surface area contributed by atoms with Gasteiger partial charge in [-0.2, -0.15) is 9.78 Å². The van der Waals surface area contributed by atoms with E-state index in [2.05, 4.69) is 10.3 Å². The van der Waals surface area contributed by atoms with Crippen LogP contribution in [0.5, 0.6) is 5.75 Å². The smallest absolute Gasteiger partial charge is 0.301 e. The summed E-state index contributed by atoms with van der Waals surface area (Å²) in [5.74, 6) is 0.719. The summed E-state index contributed by atoms with van der Waals surface area (Å²) in [7, 11) is 1.59. The lowest BCUT2D eigenvalue weighted by molar-refractivity contribution is 0.414. The molecule has 0 bridgehead atoms. The molecule has 6 nitrogen and oxygen atoms in total. The van der Waals surface area contributed by atoms with Crippen molar-refractivity contribution in [3.05, 3.63) is 46.6 Å². The first-order chi connectivity index (χ1) is 9.20. The summed E-state index contributed by atoms with van der Waals surface area (Å²) in [5, 5.41) is 8.62. The van der Waals surface area contributed by atoms with Crippen LogP contribution in [0.1, 0.15) is 5.69 Å². The molecule has 1 aromatic carbocycles. The van der Waals surface area contributed by atoms with Gasteiger partial charge in [-0.3, -0.25) is 4.79 Å². The van der Waals surface area contributed by atoms with Crippen LogP contribution in [0, 0.1) is 6.92 Å². The van der Waals surface area contributed by atoms with Crippen molar-refractivity contribution in [1.82, 2.24) is 14.9 Å². The number of nitrogens with zero attached hydrogens (tertiary/aromatic N) is 3. The molecule has 0 unspecified atom stereocenters. The molecular weight excluding hydrogens is 246 g/mol. The van der Waals surface area contributed by atoms with Crippen LogP contribution in [0.25, 0.3) is 16.6 Å². The van der Waals surface area contributed by atoms with E-state index in [1.54, 1.807) is 38.3 Å². The van der Waals surface area contributed by atoms with Crippen LogP contribution in [0.2, 0.25) is 0 Å². The number of hydrogen-bond donors (Lipinski definition) is 0. The summed E-state index contributed by atoms with van der Waals surface area (Å²) < 4.78 is 11.2. The average molecular weight is 257 g/mol. The van der Waals surface area contributed by atoms with Crippen LogP contribution in [0.15, 0.2) is 39.8 Å². The molecule has 3 aromatic rings. The molecule has 0 N–H and O–H groups in total. The molecule has 2 aromatic heterocycles. The molecule has 0 aliphatic rings. The van der Waals surface area contributed by atoms with Gasteiger partial charge in [0.25, 0.3) is 0 Å². The third-order valence-corrected chi connectivity index (χ3v) is 2.92. The van der Waals surface area contributed by atoms with Crippen molar-refractivity contribution in [3.63, 3.8) is 0 Å². The lowest BCUT2D eigenvalue weighted by Crippen LogP contribution is -2.22. The highest BCUT2D eigenvalue weighted by molar-refractivity contribution is 5.78.